The third-order valence-corrected chi connectivity index (χ3v) is 3.38. The minimum atomic E-state index is 0.377. The lowest BCUT2D eigenvalue weighted by atomic mass is 9.85. The number of hydrogen-bond acceptors (Lipinski definition) is 1. The Morgan fingerprint density at radius 3 is 3.00 bits per heavy atom. The Hall–Kier alpha value is -2.02. The van der Waals surface area contributed by atoms with Crippen LogP contribution in [-0.4, -0.2) is 0 Å². The van der Waals surface area contributed by atoms with Gasteiger partial charge in [-0.05, 0) is 28.5 Å². The first-order chi connectivity index (χ1) is 7.93. The summed E-state index contributed by atoms with van der Waals surface area (Å²) in [4.78, 5) is 0. The van der Waals surface area contributed by atoms with Crippen molar-refractivity contribution in [2.45, 2.75) is 5.92 Å². The molecule has 1 aliphatic heterocycles. The van der Waals surface area contributed by atoms with E-state index in [0.29, 0.717) is 5.92 Å². The lowest BCUT2D eigenvalue weighted by molar-refractivity contribution is 0.461. The largest absolute Gasteiger partial charge is 0.465 e. The van der Waals surface area contributed by atoms with Gasteiger partial charge in [-0.25, -0.2) is 0 Å². The molecule has 76 valence electrons. The molecule has 0 saturated carbocycles. The first kappa shape index (κ1) is 8.17. The van der Waals surface area contributed by atoms with Crippen molar-refractivity contribution >= 4 is 16.8 Å². The first-order valence-electron chi connectivity index (χ1n) is 5.51. The summed E-state index contributed by atoms with van der Waals surface area (Å²) in [5.74, 6) is 1.37. The van der Waals surface area contributed by atoms with E-state index >= 15 is 0 Å². The highest BCUT2D eigenvalue weighted by molar-refractivity contribution is 5.97. The molecule has 0 aromatic heterocycles. The van der Waals surface area contributed by atoms with Gasteiger partial charge in [-0.2, -0.15) is 0 Å². The molecule has 1 nitrogen and oxygen atoms in total. The maximum absolute atomic E-state index is 5.58. The smallest absolute Gasteiger partial charge is 0.131 e. The Bertz CT molecular complexity index is 650. The minimum absolute atomic E-state index is 0.377. The minimum Gasteiger partial charge on any atom is -0.465 e. The van der Waals surface area contributed by atoms with Gasteiger partial charge in [0.15, 0.2) is 0 Å². The second kappa shape index (κ2) is 2.76. The third kappa shape index (κ3) is 0.904. The van der Waals surface area contributed by atoms with E-state index in [1.807, 2.05) is 0 Å². The molecule has 1 aliphatic carbocycles. The molecule has 0 spiro atoms. The standard InChI is InChI=1S/C15H10O/c1-2-10-4-5-12-8-9-16-13-7-6-11(3-1)14(10)15(12)13/h1-9,12H. The van der Waals surface area contributed by atoms with E-state index < -0.39 is 0 Å². The fourth-order valence-corrected chi connectivity index (χ4v) is 2.65. The van der Waals surface area contributed by atoms with Crippen molar-refractivity contribution in [3.63, 3.8) is 0 Å². The van der Waals surface area contributed by atoms with Gasteiger partial charge in [0.1, 0.15) is 5.75 Å². The summed E-state index contributed by atoms with van der Waals surface area (Å²) in [6.45, 7) is 0. The lowest BCUT2D eigenvalue weighted by Gasteiger charge is -2.24. The maximum Gasteiger partial charge on any atom is 0.131 e. The summed E-state index contributed by atoms with van der Waals surface area (Å²) in [5.41, 5.74) is 2.61. The molecule has 1 heterocycles. The van der Waals surface area contributed by atoms with Crippen LogP contribution in [-0.2, 0) is 0 Å². The van der Waals surface area contributed by atoms with Gasteiger partial charge in [0.05, 0.1) is 6.26 Å². The molecule has 0 N–H and O–H groups in total. The summed E-state index contributed by atoms with van der Waals surface area (Å²) >= 11 is 0. The zero-order valence-electron chi connectivity index (χ0n) is 8.68. The molecular weight excluding hydrogens is 196 g/mol. The first-order valence-corrected chi connectivity index (χ1v) is 5.51. The predicted octanol–water partition coefficient (Wildman–Crippen LogP) is 3.86. The second-order valence-electron chi connectivity index (χ2n) is 4.25. The quantitative estimate of drug-likeness (QED) is 0.636. The molecular formula is C15H10O. The lowest BCUT2D eigenvalue weighted by Crippen LogP contribution is -2.06. The van der Waals surface area contributed by atoms with Crippen molar-refractivity contribution in [1.82, 2.24) is 0 Å². The maximum atomic E-state index is 5.58. The van der Waals surface area contributed by atoms with Crippen molar-refractivity contribution in [2.75, 3.05) is 0 Å². The molecule has 2 aromatic carbocycles. The van der Waals surface area contributed by atoms with Gasteiger partial charge < -0.3 is 4.74 Å². The van der Waals surface area contributed by atoms with Gasteiger partial charge >= 0.3 is 0 Å². The Morgan fingerprint density at radius 1 is 1.00 bits per heavy atom. The van der Waals surface area contributed by atoms with Crippen LogP contribution in [0.1, 0.15) is 17.0 Å². The van der Waals surface area contributed by atoms with Crippen LogP contribution < -0.4 is 4.74 Å². The zero-order valence-corrected chi connectivity index (χ0v) is 8.68. The molecule has 1 unspecified atom stereocenters. The van der Waals surface area contributed by atoms with Gasteiger partial charge in [-0.15, -0.1) is 0 Å². The molecule has 0 fully saturated rings. The molecule has 0 saturated heterocycles. The van der Waals surface area contributed by atoms with Crippen molar-refractivity contribution in [1.29, 1.82) is 0 Å². The molecule has 1 atom stereocenters. The van der Waals surface area contributed by atoms with E-state index in [0.717, 1.165) is 5.75 Å². The van der Waals surface area contributed by atoms with E-state index in [1.165, 1.54) is 21.9 Å². The summed E-state index contributed by atoms with van der Waals surface area (Å²) in [7, 11) is 0. The molecule has 0 radical (unpaired) electrons. The summed E-state index contributed by atoms with van der Waals surface area (Å²) < 4.78 is 5.58. The van der Waals surface area contributed by atoms with Crippen LogP contribution >= 0.6 is 0 Å². The summed E-state index contributed by atoms with van der Waals surface area (Å²) in [6.07, 6.45) is 8.34. The van der Waals surface area contributed by atoms with Crippen LogP contribution in [0.2, 0.25) is 0 Å². The Kier molecular flexibility index (Phi) is 1.41. The highest BCUT2D eigenvalue weighted by Crippen LogP contribution is 2.42. The SMILES string of the molecule is C1=CC2C=Cc3cccc4ccc(c2c34)O1. The Morgan fingerprint density at radius 2 is 2.00 bits per heavy atom. The molecule has 0 amide bonds. The second-order valence-corrected chi connectivity index (χ2v) is 4.25. The van der Waals surface area contributed by atoms with Crippen LogP contribution in [0, 0.1) is 0 Å². The average molecular weight is 206 g/mol. The highest BCUT2D eigenvalue weighted by Gasteiger charge is 2.22. The molecule has 1 heteroatoms. The number of benzene rings is 2. The topological polar surface area (TPSA) is 9.23 Å². The number of allylic oxidation sites excluding steroid dienone is 2. The highest BCUT2D eigenvalue weighted by atomic mass is 16.5. The van der Waals surface area contributed by atoms with Crippen molar-refractivity contribution in [3.05, 3.63) is 59.9 Å². The zero-order chi connectivity index (χ0) is 10.5. The van der Waals surface area contributed by atoms with Crippen LogP contribution in [0.5, 0.6) is 5.75 Å². The molecule has 2 aliphatic rings. The van der Waals surface area contributed by atoms with Gasteiger partial charge in [0.2, 0.25) is 0 Å². The van der Waals surface area contributed by atoms with E-state index in [2.05, 4.69) is 48.6 Å². The molecule has 4 rings (SSSR count). The van der Waals surface area contributed by atoms with E-state index in [-0.39, 0.29) is 0 Å². The average Bonchev–Trinajstić information content (AvgIpc) is 2.36. The molecule has 0 bridgehead atoms. The van der Waals surface area contributed by atoms with E-state index in [4.69, 9.17) is 4.74 Å². The molecule has 2 aromatic rings. The number of hydrogen-bond donors (Lipinski definition) is 0. The summed E-state index contributed by atoms with van der Waals surface area (Å²) in [6, 6.07) is 10.6. The Balaban J connectivity index is 2.24. The number of ether oxygens (including phenoxy) is 1. The normalized spacial score (nSPS) is 19.9. The third-order valence-electron chi connectivity index (χ3n) is 3.38. The van der Waals surface area contributed by atoms with Crippen molar-refractivity contribution < 1.29 is 4.74 Å². The van der Waals surface area contributed by atoms with Gasteiger partial charge in [-0.1, -0.05) is 36.4 Å². The van der Waals surface area contributed by atoms with Crippen LogP contribution in [0.3, 0.4) is 0 Å². The van der Waals surface area contributed by atoms with Gasteiger partial charge in [-0.3, -0.25) is 0 Å². The fourth-order valence-electron chi connectivity index (χ4n) is 2.65. The van der Waals surface area contributed by atoms with Crippen LogP contribution in [0.15, 0.2) is 48.7 Å². The van der Waals surface area contributed by atoms with Crippen LogP contribution in [0.25, 0.3) is 16.8 Å². The Labute approximate surface area is 93.7 Å². The van der Waals surface area contributed by atoms with Crippen molar-refractivity contribution in [3.8, 4) is 5.75 Å². The summed E-state index contributed by atoms with van der Waals surface area (Å²) in [5, 5.41) is 2.64. The fraction of sp³-hybridized carbons (Fsp3) is 0.0667. The van der Waals surface area contributed by atoms with E-state index in [9.17, 15) is 0 Å². The number of rotatable bonds is 0. The monoisotopic (exact) mass is 206 g/mol. The van der Waals surface area contributed by atoms with E-state index in [1.54, 1.807) is 6.26 Å². The van der Waals surface area contributed by atoms with Crippen molar-refractivity contribution in [2.24, 2.45) is 0 Å². The van der Waals surface area contributed by atoms with Crippen LogP contribution in [0.4, 0.5) is 0 Å². The van der Waals surface area contributed by atoms with Gasteiger partial charge in [0, 0.05) is 11.5 Å². The molecule has 16 heavy (non-hydrogen) atoms. The predicted molar refractivity (Wildman–Crippen MR) is 65.5 cm³/mol. The van der Waals surface area contributed by atoms with Gasteiger partial charge in [0.25, 0.3) is 0 Å².